The summed E-state index contributed by atoms with van der Waals surface area (Å²) in [5, 5.41) is 0. The molecule has 1 aromatic carbocycles. The molecule has 0 amide bonds. The van der Waals surface area contributed by atoms with Crippen LogP contribution >= 0.6 is 11.1 Å². The highest BCUT2D eigenvalue weighted by Gasteiger charge is 2.03. The molecule has 0 aromatic heterocycles. The molecule has 1 nitrogen and oxygen atoms in total. The van der Waals surface area contributed by atoms with Crippen molar-refractivity contribution in [3.8, 4) is 0 Å². The summed E-state index contributed by atoms with van der Waals surface area (Å²) in [6.45, 7) is 3.43. The molecule has 0 heterocycles. The van der Waals surface area contributed by atoms with Gasteiger partial charge in [-0.15, -0.1) is 0 Å². The Kier molecular flexibility index (Phi) is 5.05. The van der Waals surface area contributed by atoms with Gasteiger partial charge in [-0.25, -0.2) is 11.1 Å². The Morgan fingerprint density at radius 1 is 1.21 bits per heavy atom. The number of hydrogen-bond acceptors (Lipinski definition) is 1. The van der Waals surface area contributed by atoms with Gasteiger partial charge in [-0.05, 0) is 30.4 Å². The van der Waals surface area contributed by atoms with Crippen molar-refractivity contribution in [3.63, 3.8) is 0 Å². The van der Waals surface area contributed by atoms with Gasteiger partial charge in [-0.2, -0.15) is 0 Å². The minimum Gasteiger partial charge on any atom is -0.284 e. The van der Waals surface area contributed by atoms with Crippen molar-refractivity contribution in [2.75, 3.05) is 19.1 Å². The van der Waals surface area contributed by atoms with E-state index >= 15 is 0 Å². The van der Waals surface area contributed by atoms with E-state index in [9.17, 15) is 0 Å². The van der Waals surface area contributed by atoms with Crippen LogP contribution in [0, 0.1) is 0 Å². The van der Waals surface area contributed by atoms with E-state index < -0.39 is 0 Å². The van der Waals surface area contributed by atoms with Crippen molar-refractivity contribution in [2.45, 2.75) is 19.3 Å². The maximum absolute atomic E-state index is 3.51. The molecule has 0 bridgehead atoms. The minimum atomic E-state index is 0.0500. The van der Waals surface area contributed by atoms with Crippen LogP contribution in [-0.4, -0.2) is 19.1 Å². The molecule has 1 atom stereocenters. The summed E-state index contributed by atoms with van der Waals surface area (Å²) in [6.07, 6.45) is 5.73. The monoisotopic (exact) mass is 211 g/mol. The molecular formula is C12H21NS. The van der Waals surface area contributed by atoms with Gasteiger partial charge in [0.05, 0.1) is 0 Å². The Morgan fingerprint density at radius 3 is 2.43 bits per heavy atom. The third kappa shape index (κ3) is 4.16. The number of benzene rings is 1. The van der Waals surface area contributed by atoms with Gasteiger partial charge in [-0.1, -0.05) is 37.3 Å². The van der Waals surface area contributed by atoms with Crippen LogP contribution in [0.1, 0.15) is 24.8 Å². The van der Waals surface area contributed by atoms with E-state index in [1.807, 2.05) is 0 Å². The fourth-order valence-corrected chi connectivity index (χ4v) is 2.03. The van der Waals surface area contributed by atoms with E-state index in [2.05, 4.69) is 54.5 Å². The van der Waals surface area contributed by atoms with Gasteiger partial charge < -0.3 is 0 Å². The first-order valence-electron chi connectivity index (χ1n) is 5.16. The first-order valence-corrected chi connectivity index (χ1v) is 7.39. The molecule has 14 heavy (non-hydrogen) atoms. The van der Waals surface area contributed by atoms with Gasteiger partial charge >= 0.3 is 0 Å². The smallest absolute Gasteiger partial charge is 0.00467 e. The van der Waals surface area contributed by atoms with Crippen molar-refractivity contribution >= 4 is 11.1 Å². The van der Waals surface area contributed by atoms with Crippen LogP contribution in [0.2, 0.25) is 0 Å². The molecular weight excluding hydrogens is 190 g/mol. The standard InChI is InChI=1S/C12H21NS/c1-11(9-10-13-14(2)3)12-7-5-4-6-8-12/h4-8,11,13-14H,9-10H2,1-3H3. The molecule has 0 aliphatic carbocycles. The quantitative estimate of drug-likeness (QED) is 0.714. The average molecular weight is 211 g/mol. The maximum atomic E-state index is 3.51. The molecule has 0 saturated heterocycles. The van der Waals surface area contributed by atoms with Crippen LogP contribution in [0.3, 0.4) is 0 Å². The second-order valence-corrected chi connectivity index (χ2v) is 6.01. The van der Waals surface area contributed by atoms with Crippen molar-refractivity contribution in [3.05, 3.63) is 35.9 Å². The zero-order valence-corrected chi connectivity index (χ0v) is 10.2. The predicted octanol–water partition coefficient (Wildman–Crippen LogP) is 2.95. The van der Waals surface area contributed by atoms with Crippen molar-refractivity contribution in [1.29, 1.82) is 0 Å². The predicted molar refractivity (Wildman–Crippen MR) is 68.3 cm³/mol. The first-order chi connectivity index (χ1) is 6.70. The van der Waals surface area contributed by atoms with E-state index in [0.717, 1.165) is 6.54 Å². The summed E-state index contributed by atoms with van der Waals surface area (Å²) in [6, 6.07) is 10.7. The number of hydrogen-bond donors (Lipinski definition) is 2. The molecule has 1 N–H and O–H groups in total. The lowest BCUT2D eigenvalue weighted by molar-refractivity contribution is 0.672. The highest BCUT2D eigenvalue weighted by atomic mass is 32.2. The Labute approximate surface area is 90.4 Å². The fraction of sp³-hybridized carbons (Fsp3) is 0.500. The highest BCUT2D eigenvalue weighted by molar-refractivity contribution is 8.14. The molecule has 0 aliphatic heterocycles. The zero-order valence-electron chi connectivity index (χ0n) is 9.33. The van der Waals surface area contributed by atoms with Gasteiger partial charge in [0, 0.05) is 6.54 Å². The third-order valence-electron chi connectivity index (χ3n) is 2.37. The number of rotatable bonds is 5. The molecule has 0 aliphatic rings. The highest BCUT2D eigenvalue weighted by Crippen LogP contribution is 2.18. The molecule has 0 saturated carbocycles. The van der Waals surface area contributed by atoms with Crippen LogP contribution in [0.25, 0.3) is 0 Å². The normalized spacial score (nSPS) is 13.8. The summed E-state index contributed by atoms with van der Waals surface area (Å²) < 4.78 is 3.51. The zero-order chi connectivity index (χ0) is 10.4. The lowest BCUT2D eigenvalue weighted by Gasteiger charge is -2.15. The SMILES string of the molecule is CC(CCN[SH](C)C)c1ccccc1. The second kappa shape index (κ2) is 6.10. The Hall–Kier alpha value is -0.470. The summed E-state index contributed by atoms with van der Waals surface area (Å²) >= 11 is 0.0500. The van der Waals surface area contributed by atoms with E-state index in [0.29, 0.717) is 5.92 Å². The Morgan fingerprint density at radius 2 is 1.86 bits per heavy atom. The molecule has 1 unspecified atom stereocenters. The summed E-state index contributed by atoms with van der Waals surface area (Å²) in [5.41, 5.74) is 1.45. The van der Waals surface area contributed by atoms with E-state index in [-0.39, 0.29) is 11.1 Å². The largest absolute Gasteiger partial charge is 0.284 e. The van der Waals surface area contributed by atoms with Crippen LogP contribution in [0.5, 0.6) is 0 Å². The van der Waals surface area contributed by atoms with Gasteiger partial charge in [0.2, 0.25) is 0 Å². The first kappa shape index (κ1) is 11.6. The van der Waals surface area contributed by atoms with E-state index in [1.54, 1.807) is 0 Å². The van der Waals surface area contributed by atoms with Crippen LogP contribution in [0.4, 0.5) is 0 Å². The van der Waals surface area contributed by atoms with Crippen LogP contribution in [-0.2, 0) is 0 Å². The van der Waals surface area contributed by atoms with Crippen molar-refractivity contribution in [1.82, 2.24) is 4.72 Å². The minimum absolute atomic E-state index is 0.0500. The van der Waals surface area contributed by atoms with E-state index in [1.165, 1.54) is 12.0 Å². The molecule has 1 rings (SSSR count). The van der Waals surface area contributed by atoms with Crippen molar-refractivity contribution < 1.29 is 0 Å². The molecule has 2 heteroatoms. The topological polar surface area (TPSA) is 12.0 Å². The van der Waals surface area contributed by atoms with Gasteiger partial charge in [-0.3, -0.25) is 4.72 Å². The second-order valence-electron chi connectivity index (χ2n) is 3.90. The third-order valence-corrected chi connectivity index (χ3v) is 3.23. The van der Waals surface area contributed by atoms with Gasteiger partial charge in [0.15, 0.2) is 0 Å². The van der Waals surface area contributed by atoms with Gasteiger partial charge in [0.1, 0.15) is 0 Å². The summed E-state index contributed by atoms with van der Waals surface area (Å²) in [7, 11) is 0. The Balaban J connectivity index is 2.32. The summed E-state index contributed by atoms with van der Waals surface area (Å²) in [5.74, 6) is 0.665. The van der Waals surface area contributed by atoms with Gasteiger partial charge in [0.25, 0.3) is 0 Å². The summed E-state index contributed by atoms with van der Waals surface area (Å²) in [4.78, 5) is 0. The number of thiol groups is 1. The molecule has 80 valence electrons. The van der Waals surface area contributed by atoms with Crippen molar-refractivity contribution in [2.24, 2.45) is 0 Å². The molecule has 0 spiro atoms. The van der Waals surface area contributed by atoms with E-state index in [4.69, 9.17) is 0 Å². The maximum Gasteiger partial charge on any atom is 0.00467 e. The van der Waals surface area contributed by atoms with Crippen LogP contribution in [0.15, 0.2) is 30.3 Å². The molecule has 0 fully saturated rings. The van der Waals surface area contributed by atoms with Crippen LogP contribution < -0.4 is 4.72 Å². The molecule has 0 radical (unpaired) electrons. The lowest BCUT2D eigenvalue weighted by atomic mass is 9.98. The lowest BCUT2D eigenvalue weighted by Crippen LogP contribution is -2.12. The number of nitrogens with one attached hydrogen (secondary N) is 1. The fourth-order valence-electron chi connectivity index (χ4n) is 1.45. The molecule has 1 aromatic rings. The Bertz CT molecular complexity index is 246. The average Bonchev–Trinajstić information content (AvgIpc) is 2.18.